The van der Waals surface area contributed by atoms with E-state index in [1.807, 2.05) is 26.0 Å². The van der Waals surface area contributed by atoms with Crippen molar-refractivity contribution in [1.29, 1.82) is 10.5 Å². The molecule has 3 aromatic rings. The van der Waals surface area contributed by atoms with Crippen LogP contribution in [0.4, 0.5) is 0 Å². The van der Waals surface area contributed by atoms with Crippen molar-refractivity contribution >= 4 is 29.0 Å². The van der Waals surface area contributed by atoms with E-state index in [0.717, 1.165) is 46.8 Å². The fraction of sp³-hybridized carbons (Fsp3) is 0.240. The topological polar surface area (TPSA) is 89.8 Å². The van der Waals surface area contributed by atoms with Crippen LogP contribution in [0, 0.1) is 36.5 Å². The summed E-state index contributed by atoms with van der Waals surface area (Å²) in [6, 6.07) is 13.0. The summed E-state index contributed by atoms with van der Waals surface area (Å²) >= 11 is 1.71. The summed E-state index contributed by atoms with van der Waals surface area (Å²) in [5.41, 5.74) is 6.19. The number of hydrogen-bond acceptors (Lipinski definition) is 4. The fourth-order valence-corrected chi connectivity index (χ4v) is 5.65. The van der Waals surface area contributed by atoms with E-state index >= 15 is 0 Å². The highest BCUT2D eigenvalue weighted by Gasteiger charge is 2.23. The number of aromatic carboxylic acids is 1. The number of rotatable bonds is 4. The van der Waals surface area contributed by atoms with Crippen molar-refractivity contribution in [2.45, 2.75) is 39.5 Å². The molecule has 6 heteroatoms. The number of allylic oxidation sites excluding steroid dienone is 1. The molecule has 0 fully saturated rings. The van der Waals surface area contributed by atoms with Crippen molar-refractivity contribution in [3.05, 3.63) is 74.4 Å². The lowest BCUT2D eigenvalue weighted by Crippen LogP contribution is -2.02. The Labute approximate surface area is 185 Å². The molecule has 1 aromatic carbocycles. The Morgan fingerprint density at radius 1 is 1.13 bits per heavy atom. The summed E-state index contributed by atoms with van der Waals surface area (Å²) in [6.07, 6.45) is 6.12. The van der Waals surface area contributed by atoms with Gasteiger partial charge in [-0.3, -0.25) is 0 Å². The summed E-state index contributed by atoms with van der Waals surface area (Å²) in [4.78, 5) is 12.4. The Morgan fingerprint density at radius 2 is 1.81 bits per heavy atom. The highest BCUT2D eigenvalue weighted by molar-refractivity contribution is 7.15. The number of benzene rings is 1. The predicted octanol–water partition coefficient (Wildman–Crippen LogP) is 5.67. The minimum Gasteiger partial charge on any atom is -0.478 e. The number of carboxylic acids is 1. The maximum atomic E-state index is 11.1. The number of hydrogen-bond donors (Lipinski definition) is 1. The lowest BCUT2D eigenvalue weighted by Gasteiger charge is -2.10. The van der Waals surface area contributed by atoms with Crippen molar-refractivity contribution < 1.29 is 9.90 Å². The molecule has 0 bridgehead atoms. The lowest BCUT2D eigenvalue weighted by molar-refractivity contribution is 0.0697. The third kappa shape index (κ3) is 3.67. The maximum absolute atomic E-state index is 11.1. The minimum atomic E-state index is -0.996. The number of carboxylic acid groups (broad SMARTS) is 1. The number of aromatic nitrogens is 1. The van der Waals surface area contributed by atoms with Crippen molar-refractivity contribution in [2.75, 3.05) is 0 Å². The van der Waals surface area contributed by atoms with Crippen molar-refractivity contribution in [3.8, 4) is 17.1 Å². The van der Waals surface area contributed by atoms with Gasteiger partial charge >= 0.3 is 5.97 Å². The molecule has 0 aliphatic heterocycles. The Balaban J connectivity index is 1.78. The molecule has 154 valence electrons. The van der Waals surface area contributed by atoms with E-state index in [4.69, 9.17) is 5.11 Å². The summed E-state index contributed by atoms with van der Waals surface area (Å²) in [5, 5.41) is 29.6. The molecule has 0 saturated carbocycles. The normalized spacial score (nSPS) is 13.4. The number of aryl methyl sites for hydroxylation is 2. The van der Waals surface area contributed by atoms with Gasteiger partial charge in [-0.15, -0.1) is 11.3 Å². The van der Waals surface area contributed by atoms with E-state index in [0.29, 0.717) is 11.1 Å². The van der Waals surface area contributed by atoms with Crippen molar-refractivity contribution in [1.82, 2.24) is 4.57 Å². The van der Waals surface area contributed by atoms with Gasteiger partial charge in [-0.2, -0.15) is 10.5 Å². The van der Waals surface area contributed by atoms with E-state index in [-0.39, 0.29) is 5.56 Å². The zero-order valence-electron chi connectivity index (χ0n) is 17.4. The zero-order valence-corrected chi connectivity index (χ0v) is 18.2. The second-order valence-electron chi connectivity index (χ2n) is 7.72. The van der Waals surface area contributed by atoms with Crippen molar-refractivity contribution in [2.24, 2.45) is 0 Å². The highest BCUT2D eigenvalue weighted by atomic mass is 32.1. The molecule has 31 heavy (non-hydrogen) atoms. The smallest absolute Gasteiger partial charge is 0.335 e. The molecule has 1 N–H and O–H groups in total. The SMILES string of the molecule is Cc1cc(/C=C(/C#N)c2ccc(C(=O)O)cc2)c(C)n1-c1sc2c(c1C#N)CCCC2. The van der Waals surface area contributed by atoms with Crippen LogP contribution in [0.3, 0.4) is 0 Å². The molecule has 0 saturated heterocycles. The molecule has 0 amide bonds. The molecule has 0 radical (unpaired) electrons. The third-order valence-electron chi connectivity index (χ3n) is 5.80. The molecule has 1 aliphatic rings. The number of thiophene rings is 1. The van der Waals surface area contributed by atoms with Gasteiger partial charge in [-0.05, 0) is 80.5 Å². The van der Waals surface area contributed by atoms with E-state index < -0.39 is 5.97 Å². The predicted molar refractivity (Wildman–Crippen MR) is 121 cm³/mol. The quantitative estimate of drug-likeness (QED) is 0.543. The average Bonchev–Trinajstić information content (AvgIpc) is 3.27. The lowest BCUT2D eigenvalue weighted by atomic mass is 9.96. The highest BCUT2D eigenvalue weighted by Crippen LogP contribution is 2.38. The molecule has 1 aliphatic carbocycles. The second kappa shape index (κ2) is 8.26. The number of carbonyl (C=O) groups is 1. The maximum Gasteiger partial charge on any atom is 0.335 e. The van der Waals surface area contributed by atoms with Gasteiger partial charge in [0.1, 0.15) is 11.1 Å². The summed E-state index contributed by atoms with van der Waals surface area (Å²) in [6.45, 7) is 4.01. The van der Waals surface area contributed by atoms with Crippen LogP contribution in [0.1, 0.15) is 61.7 Å². The van der Waals surface area contributed by atoms with Crippen LogP contribution in [-0.4, -0.2) is 15.6 Å². The Kier molecular flexibility index (Phi) is 5.50. The summed E-state index contributed by atoms with van der Waals surface area (Å²) in [5.74, 6) is -0.996. The van der Waals surface area contributed by atoms with Crippen molar-refractivity contribution in [3.63, 3.8) is 0 Å². The first kappa shape index (κ1) is 20.7. The second-order valence-corrected chi connectivity index (χ2v) is 8.80. The van der Waals surface area contributed by atoms with E-state index in [2.05, 4.69) is 16.7 Å². The van der Waals surface area contributed by atoms with Gasteiger partial charge in [0.2, 0.25) is 0 Å². The van der Waals surface area contributed by atoms with Crippen LogP contribution in [0.15, 0.2) is 30.3 Å². The molecule has 2 aromatic heterocycles. The molecular weight excluding hydrogens is 406 g/mol. The molecular formula is C25H21N3O2S. The van der Waals surface area contributed by atoms with Gasteiger partial charge in [-0.1, -0.05) is 12.1 Å². The van der Waals surface area contributed by atoms with E-state index in [1.165, 1.54) is 29.0 Å². The van der Waals surface area contributed by atoms with Crippen LogP contribution < -0.4 is 0 Å². The molecule has 0 spiro atoms. The van der Waals surface area contributed by atoms with Crippen LogP contribution in [0.25, 0.3) is 16.7 Å². The van der Waals surface area contributed by atoms with E-state index in [1.54, 1.807) is 23.5 Å². The van der Waals surface area contributed by atoms with Gasteiger partial charge in [0.25, 0.3) is 0 Å². The molecule has 5 nitrogen and oxygen atoms in total. The van der Waals surface area contributed by atoms with Gasteiger partial charge in [-0.25, -0.2) is 4.79 Å². The average molecular weight is 428 g/mol. The van der Waals surface area contributed by atoms with Crippen LogP contribution in [0.5, 0.6) is 0 Å². The standard InChI is InChI=1S/C25H21N3O2S/c1-15-11-19(12-20(13-26)17-7-9-18(10-8-17)25(29)30)16(2)28(15)24-22(14-27)21-5-3-4-6-23(21)31-24/h7-12H,3-6H2,1-2H3,(H,29,30)/b20-12-. The third-order valence-corrected chi connectivity index (χ3v) is 7.08. The first-order valence-electron chi connectivity index (χ1n) is 10.1. The van der Waals surface area contributed by atoms with Crippen LogP contribution in [0.2, 0.25) is 0 Å². The largest absolute Gasteiger partial charge is 0.478 e. The molecule has 2 heterocycles. The van der Waals surface area contributed by atoms with Crippen LogP contribution in [-0.2, 0) is 12.8 Å². The van der Waals surface area contributed by atoms with Gasteiger partial charge in [0.05, 0.1) is 22.8 Å². The number of nitriles is 2. The van der Waals surface area contributed by atoms with E-state index in [9.17, 15) is 15.3 Å². The molecule has 0 atom stereocenters. The van der Waals surface area contributed by atoms with Gasteiger partial charge < -0.3 is 9.67 Å². The molecule has 0 unspecified atom stereocenters. The fourth-order valence-electron chi connectivity index (χ4n) is 4.20. The summed E-state index contributed by atoms with van der Waals surface area (Å²) < 4.78 is 2.12. The van der Waals surface area contributed by atoms with Crippen LogP contribution >= 0.6 is 11.3 Å². The molecule has 4 rings (SSSR count). The Morgan fingerprint density at radius 3 is 2.45 bits per heavy atom. The minimum absolute atomic E-state index is 0.185. The number of nitrogens with zero attached hydrogens (tertiary/aromatic N) is 3. The summed E-state index contributed by atoms with van der Waals surface area (Å²) in [7, 11) is 0. The van der Waals surface area contributed by atoms with Gasteiger partial charge in [0, 0.05) is 16.3 Å². The first-order valence-corrected chi connectivity index (χ1v) is 11.0. The Hall–Kier alpha value is -3.61. The van der Waals surface area contributed by atoms with Gasteiger partial charge in [0.15, 0.2) is 0 Å². The first-order chi connectivity index (χ1) is 14.9. The number of fused-ring (bicyclic) bond motifs is 1. The monoisotopic (exact) mass is 427 g/mol. The zero-order chi connectivity index (χ0) is 22.1. The Bertz CT molecular complexity index is 1290.